The van der Waals surface area contributed by atoms with Crippen LogP contribution >= 0.6 is 23.2 Å². The highest BCUT2D eigenvalue weighted by Gasteiger charge is 2.20. The van der Waals surface area contributed by atoms with Crippen molar-refractivity contribution in [1.29, 1.82) is 0 Å². The number of carbonyl (C=O) groups excluding carboxylic acids is 2. The van der Waals surface area contributed by atoms with E-state index in [0.717, 1.165) is 10.8 Å². The Morgan fingerprint density at radius 3 is 2.52 bits per heavy atom. The minimum absolute atomic E-state index is 0.281. The Bertz CT molecular complexity index is 995. The average Bonchev–Trinajstić information content (AvgIpc) is 2.67. The summed E-state index contributed by atoms with van der Waals surface area (Å²) >= 11 is 11.9. The Labute approximate surface area is 166 Å². The number of halogens is 2. The summed E-state index contributed by atoms with van der Waals surface area (Å²) in [6, 6.07) is 17.7. The van der Waals surface area contributed by atoms with Gasteiger partial charge in [0.1, 0.15) is 5.75 Å². The lowest BCUT2D eigenvalue weighted by molar-refractivity contribution is -0.149. The molecule has 27 heavy (non-hydrogen) atoms. The number of ketones is 1. The molecule has 0 aromatic heterocycles. The molecular weight excluding hydrogens is 387 g/mol. The van der Waals surface area contributed by atoms with E-state index < -0.39 is 12.1 Å². The summed E-state index contributed by atoms with van der Waals surface area (Å²) in [7, 11) is 0. The van der Waals surface area contributed by atoms with Crippen molar-refractivity contribution in [2.24, 2.45) is 0 Å². The van der Waals surface area contributed by atoms with Gasteiger partial charge in [0, 0.05) is 10.6 Å². The molecule has 3 aromatic carbocycles. The summed E-state index contributed by atoms with van der Waals surface area (Å²) in [4.78, 5) is 24.6. The van der Waals surface area contributed by atoms with Gasteiger partial charge in [-0.1, -0.05) is 65.7 Å². The zero-order chi connectivity index (χ0) is 19.4. The molecule has 0 saturated carbocycles. The summed E-state index contributed by atoms with van der Waals surface area (Å²) in [5.41, 5.74) is 0.509. The molecule has 1 unspecified atom stereocenters. The first-order valence-corrected chi connectivity index (χ1v) is 9.00. The van der Waals surface area contributed by atoms with Crippen LogP contribution in [-0.2, 0) is 9.53 Å². The maximum Gasteiger partial charge on any atom is 0.347 e. The van der Waals surface area contributed by atoms with Crippen LogP contribution in [0.25, 0.3) is 10.8 Å². The fourth-order valence-electron chi connectivity index (χ4n) is 2.61. The number of rotatable bonds is 6. The summed E-state index contributed by atoms with van der Waals surface area (Å²) in [5.74, 6) is -0.627. The molecule has 0 saturated heterocycles. The first kappa shape index (κ1) is 19.2. The zero-order valence-electron chi connectivity index (χ0n) is 14.4. The normalized spacial score (nSPS) is 11.8. The highest BCUT2D eigenvalue weighted by Crippen LogP contribution is 2.28. The van der Waals surface area contributed by atoms with Gasteiger partial charge in [-0.3, -0.25) is 4.79 Å². The van der Waals surface area contributed by atoms with Gasteiger partial charge in [-0.05, 0) is 35.9 Å². The van der Waals surface area contributed by atoms with Crippen molar-refractivity contribution in [3.8, 4) is 5.75 Å². The highest BCUT2D eigenvalue weighted by molar-refractivity contribution is 6.35. The lowest BCUT2D eigenvalue weighted by Gasteiger charge is -2.15. The van der Waals surface area contributed by atoms with Crippen molar-refractivity contribution in [2.45, 2.75) is 13.0 Å². The number of fused-ring (bicyclic) bond motifs is 1. The molecule has 0 amide bonds. The van der Waals surface area contributed by atoms with Crippen LogP contribution in [0.3, 0.4) is 0 Å². The SMILES string of the molecule is CC(Oc1ccc(Cl)cc1Cl)C(=O)OCC(=O)c1cccc2ccccc12. The average molecular weight is 403 g/mol. The molecule has 3 rings (SSSR count). The number of esters is 1. The Kier molecular flexibility index (Phi) is 5.99. The van der Waals surface area contributed by atoms with Crippen molar-refractivity contribution >= 4 is 45.7 Å². The number of ether oxygens (including phenoxy) is 2. The Morgan fingerprint density at radius 2 is 1.74 bits per heavy atom. The van der Waals surface area contributed by atoms with Crippen molar-refractivity contribution in [3.63, 3.8) is 0 Å². The molecule has 6 heteroatoms. The minimum atomic E-state index is -0.927. The summed E-state index contributed by atoms with van der Waals surface area (Å²) in [5, 5.41) is 2.51. The van der Waals surface area contributed by atoms with Gasteiger partial charge >= 0.3 is 5.97 Å². The molecule has 0 aliphatic rings. The third-order valence-corrected chi connectivity index (χ3v) is 4.50. The number of hydrogen-bond donors (Lipinski definition) is 0. The standard InChI is InChI=1S/C21H16Cl2O4/c1-13(27-20-10-9-15(22)11-18(20)23)21(25)26-12-19(24)17-8-4-6-14-5-2-3-7-16(14)17/h2-11,13H,12H2,1H3. The molecule has 0 fully saturated rings. The van der Waals surface area contributed by atoms with Gasteiger partial charge in [0.2, 0.25) is 5.78 Å². The van der Waals surface area contributed by atoms with E-state index in [4.69, 9.17) is 32.7 Å². The Hall–Kier alpha value is -2.56. The molecule has 0 N–H and O–H groups in total. The van der Waals surface area contributed by atoms with E-state index in [1.54, 1.807) is 24.3 Å². The molecule has 4 nitrogen and oxygen atoms in total. The van der Waals surface area contributed by atoms with Crippen LogP contribution in [0.2, 0.25) is 10.0 Å². The summed E-state index contributed by atoms with van der Waals surface area (Å²) < 4.78 is 10.6. The smallest absolute Gasteiger partial charge is 0.347 e. The third-order valence-electron chi connectivity index (χ3n) is 3.97. The maximum atomic E-state index is 12.5. The second-order valence-electron chi connectivity index (χ2n) is 5.89. The van der Waals surface area contributed by atoms with Gasteiger partial charge < -0.3 is 9.47 Å². The molecule has 0 heterocycles. The monoisotopic (exact) mass is 402 g/mol. The maximum absolute atomic E-state index is 12.5. The number of hydrogen-bond acceptors (Lipinski definition) is 4. The van der Waals surface area contributed by atoms with E-state index in [-0.39, 0.29) is 17.4 Å². The zero-order valence-corrected chi connectivity index (χ0v) is 16.0. The van der Waals surface area contributed by atoms with E-state index in [0.29, 0.717) is 16.3 Å². The summed E-state index contributed by atoms with van der Waals surface area (Å²) in [6.45, 7) is 1.16. The van der Waals surface area contributed by atoms with E-state index in [1.165, 1.54) is 13.0 Å². The van der Waals surface area contributed by atoms with Crippen molar-refractivity contribution in [2.75, 3.05) is 6.61 Å². The summed E-state index contributed by atoms with van der Waals surface area (Å²) in [6.07, 6.45) is -0.927. The second kappa shape index (κ2) is 8.42. The molecule has 0 aliphatic heterocycles. The van der Waals surface area contributed by atoms with Crippen LogP contribution in [0.15, 0.2) is 60.7 Å². The molecule has 0 bridgehead atoms. The van der Waals surface area contributed by atoms with Gasteiger partial charge in [-0.25, -0.2) is 4.79 Å². The van der Waals surface area contributed by atoms with Crippen LogP contribution < -0.4 is 4.74 Å². The molecule has 0 spiro atoms. The number of Topliss-reactive ketones (excluding diaryl/α,β-unsaturated/α-hetero) is 1. The molecule has 1 atom stereocenters. The van der Waals surface area contributed by atoms with Crippen LogP contribution in [0.1, 0.15) is 17.3 Å². The van der Waals surface area contributed by atoms with Gasteiger partial charge in [-0.2, -0.15) is 0 Å². The van der Waals surface area contributed by atoms with E-state index in [1.807, 2.05) is 30.3 Å². The van der Waals surface area contributed by atoms with Gasteiger partial charge in [0.15, 0.2) is 12.7 Å². The van der Waals surface area contributed by atoms with Crippen LogP contribution in [0.5, 0.6) is 5.75 Å². The first-order chi connectivity index (χ1) is 13.0. The predicted molar refractivity (Wildman–Crippen MR) is 106 cm³/mol. The molecule has 0 aliphatic carbocycles. The van der Waals surface area contributed by atoms with E-state index in [9.17, 15) is 9.59 Å². The van der Waals surface area contributed by atoms with E-state index in [2.05, 4.69) is 0 Å². The second-order valence-corrected chi connectivity index (χ2v) is 6.74. The van der Waals surface area contributed by atoms with Gasteiger partial charge in [0.25, 0.3) is 0 Å². The topological polar surface area (TPSA) is 52.6 Å². The third kappa shape index (κ3) is 4.59. The van der Waals surface area contributed by atoms with Crippen LogP contribution in [-0.4, -0.2) is 24.5 Å². The van der Waals surface area contributed by atoms with Crippen molar-refractivity contribution in [1.82, 2.24) is 0 Å². The minimum Gasteiger partial charge on any atom is -0.477 e. The fourth-order valence-corrected chi connectivity index (χ4v) is 3.06. The molecule has 3 aromatic rings. The van der Waals surface area contributed by atoms with Crippen molar-refractivity contribution in [3.05, 3.63) is 76.3 Å². The predicted octanol–water partition coefficient (Wildman–Crippen LogP) is 5.34. The quantitative estimate of drug-likeness (QED) is 0.412. The van der Waals surface area contributed by atoms with Gasteiger partial charge in [0.05, 0.1) is 5.02 Å². The molecule has 0 radical (unpaired) electrons. The van der Waals surface area contributed by atoms with Crippen LogP contribution in [0, 0.1) is 0 Å². The molecule has 138 valence electrons. The van der Waals surface area contributed by atoms with E-state index >= 15 is 0 Å². The highest BCUT2D eigenvalue weighted by atomic mass is 35.5. The number of carbonyl (C=O) groups is 2. The van der Waals surface area contributed by atoms with Gasteiger partial charge in [-0.15, -0.1) is 0 Å². The fraction of sp³-hybridized carbons (Fsp3) is 0.143. The Morgan fingerprint density at radius 1 is 1.00 bits per heavy atom. The number of benzene rings is 3. The van der Waals surface area contributed by atoms with Crippen molar-refractivity contribution < 1.29 is 19.1 Å². The Balaban J connectivity index is 1.63. The van der Waals surface area contributed by atoms with Crippen LogP contribution in [0.4, 0.5) is 0 Å². The largest absolute Gasteiger partial charge is 0.477 e. The lowest BCUT2D eigenvalue weighted by Crippen LogP contribution is -2.28. The lowest BCUT2D eigenvalue weighted by atomic mass is 10.0. The first-order valence-electron chi connectivity index (χ1n) is 8.25. The molecular formula is C21H16Cl2O4.